The van der Waals surface area contributed by atoms with Crippen LogP contribution in [0.2, 0.25) is 0 Å². The molecule has 3 aromatic carbocycles. The second-order valence-corrected chi connectivity index (χ2v) is 11.8. The zero-order valence-electron chi connectivity index (χ0n) is 24.1. The highest BCUT2D eigenvalue weighted by Gasteiger charge is 2.25. The Morgan fingerprint density at radius 3 is 2.61 bits per heavy atom. The van der Waals surface area contributed by atoms with E-state index >= 15 is 0 Å². The molecule has 7 heteroatoms. The number of hydrogen-bond acceptors (Lipinski definition) is 5. The minimum atomic E-state index is -0.0798. The van der Waals surface area contributed by atoms with Gasteiger partial charge in [0.05, 0.1) is 5.52 Å². The van der Waals surface area contributed by atoms with Gasteiger partial charge in [0.2, 0.25) is 0 Å². The zero-order chi connectivity index (χ0) is 27.8. The van der Waals surface area contributed by atoms with Crippen molar-refractivity contribution >= 4 is 27.6 Å². The van der Waals surface area contributed by atoms with Gasteiger partial charge in [0.15, 0.2) is 6.23 Å². The highest BCUT2D eigenvalue weighted by molar-refractivity contribution is 6.02. The summed E-state index contributed by atoms with van der Waals surface area (Å²) in [7, 11) is 0. The van der Waals surface area contributed by atoms with Gasteiger partial charge in [-0.2, -0.15) is 5.10 Å². The van der Waals surface area contributed by atoms with Crippen molar-refractivity contribution in [1.29, 1.82) is 0 Å². The number of likely N-dealkylation sites (N-methyl/N-ethyl adjacent to an activating group) is 1. The normalized spacial score (nSPS) is 21.7. The molecule has 3 fully saturated rings. The second kappa shape index (κ2) is 11.5. The Balaban J connectivity index is 1.22. The van der Waals surface area contributed by atoms with Crippen molar-refractivity contribution in [2.75, 3.05) is 39.4 Å². The number of carbonyl (C=O) groups is 1. The topological polar surface area (TPSA) is 59.8 Å². The van der Waals surface area contributed by atoms with Crippen LogP contribution in [0, 0.1) is 0 Å². The maximum Gasteiger partial charge on any atom is 0.253 e. The molecule has 0 radical (unpaired) electrons. The number of aromatic nitrogens is 2. The molecule has 7 rings (SSSR count). The van der Waals surface area contributed by atoms with Crippen LogP contribution in [0.5, 0.6) is 5.75 Å². The van der Waals surface area contributed by atoms with Crippen molar-refractivity contribution in [3.8, 4) is 17.0 Å². The third-order valence-corrected chi connectivity index (χ3v) is 9.21. The fourth-order valence-corrected chi connectivity index (χ4v) is 6.88. The predicted molar refractivity (Wildman–Crippen MR) is 162 cm³/mol. The number of carbonyl (C=O) groups excluding carboxylic acids is 1. The van der Waals surface area contributed by atoms with Gasteiger partial charge in [0.1, 0.15) is 18.1 Å². The maximum atomic E-state index is 13.3. The molecule has 3 saturated heterocycles. The molecule has 1 amide bonds. The number of hydrogen-bond donors (Lipinski definition) is 0. The first-order valence-corrected chi connectivity index (χ1v) is 15.5. The molecular formula is C34H40N4O3. The number of likely N-dealkylation sites (tertiary alicyclic amines) is 2. The van der Waals surface area contributed by atoms with E-state index in [0.717, 1.165) is 109 Å². The molecule has 4 heterocycles. The van der Waals surface area contributed by atoms with E-state index in [4.69, 9.17) is 14.6 Å². The van der Waals surface area contributed by atoms with E-state index in [-0.39, 0.29) is 12.1 Å². The van der Waals surface area contributed by atoms with Crippen LogP contribution in [0.25, 0.3) is 32.9 Å². The molecule has 0 bridgehead atoms. The van der Waals surface area contributed by atoms with Crippen LogP contribution in [-0.2, 0) is 4.74 Å². The molecule has 0 spiro atoms. The number of rotatable bonds is 7. The van der Waals surface area contributed by atoms with Gasteiger partial charge in [-0.05, 0) is 105 Å². The molecule has 3 aliphatic rings. The highest BCUT2D eigenvalue weighted by atomic mass is 16.5. The smallest absolute Gasteiger partial charge is 0.253 e. The molecule has 0 aliphatic carbocycles. The van der Waals surface area contributed by atoms with E-state index < -0.39 is 0 Å². The molecule has 7 nitrogen and oxygen atoms in total. The average Bonchev–Trinajstić information content (AvgIpc) is 3.80. The Bertz CT molecular complexity index is 1550. The van der Waals surface area contributed by atoms with Gasteiger partial charge in [0.25, 0.3) is 5.91 Å². The van der Waals surface area contributed by atoms with Crippen molar-refractivity contribution < 1.29 is 14.3 Å². The van der Waals surface area contributed by atoms with E-state index in [1.54, 1.807) is 0 Å². The summed E-state index contributed by atoms with van der Waals surface area (Å²) in [5.41, 5.74) is 3.69. The minimum Gasteiger partial charge on any atom is -0.492 e. The van der Waals surface area contributed by atoms with Gasteiger partial charge in [-0.3, -0.25) is 9.69 Å². The Morgan fingerprint density at radius 2 is 1.78 bits per heavy atom. The van der Waals surface area contributed by atoms with Gasteiger partial charge in [0, 0.05) is 42.3 Å². The second-order valence-electron chi connectivity index (χ2n) is 11.8. The van der Waals surface area contributed by atoms with Gasteiger partial charge < -0.3 is 14.4 Å². The van der Waals surface area contributed by atoms with Crippen molar-refractivity contribution in [2.24, 2.45) is 0 Å². The molecule has 2 atom stereocenters. The standard InChI is InChI=1S/C34H40N4O3/c1-2-36-18-7-8-28(36)23-41-29-14-12-24-20-26(11-10-25(24)21-29)33-30-22-27(34(39)37-16-4-5-17-37)13-15-31(30)38(35-33)32-9-3-6-19-40-32/h10-15,20-22,28,32H,2-9,16-19,23H2,1H3/t28?,32-/m0/s1. The Labute approximate surface area is 242 Å². The molecule has 1 aromatic heterocycles. The third kappa shape index (κ3) is 5.22. The molecule has 41 heavy (non-hydrogen) atoms. The van der Waals surface area contributed by atoms with Crippen LogP contribution >= 0.6 is 0 Å². The van der Waals surface area contributed by atoms with Gasteiger partial charge >= 0.3 is 0 Å². The number of fused-ring (bicyclic) bond motifs is 2. The van der Waals surface area contributed by atoms with Crippen LogP contribution < -0.4 is 4.74 Å². The average molecular weight is 553 g/mol. The number of ether oxygens (including phenoxy) is 2. The number of nitrogens with zero attached hydrogens (tertiary/aromatic N) is 4. The van der Waals surface area contributed by atoms with Crippen LogP contribution in [0.4, 0.5) is 0 Å². The fourth-order valence-electron chi connectivity index (χ4n) is 6.88. The Kier molecular flexibility index (Phi) is 7.40. The monoisotopic (exact) mass is 552 g/mol. The van der Waals surface area contributed by atoms with E-state index in [2.05, 4.69) is 54.3 Å². The SMILES string of the molecule is CCN1CCCC1COc1ccc2cc(-c3nn([C@@H]4CCCCO4)c4ccc(C(=O)N5CCCC5)cc34)ccc2c1. The maximum absolute atomic E-state index is 13.3. The first-order chi connectivity index (χ1) is 20.2. The first-order valence-electron chi connectivity index (χ1n) is 15.5. The summed E-state index contributed by atoms with van der Waals surface area (Å²) in [6, 6.07) is 19.4. The molecule has 214 valence electrons. The van der Waals surface area contributed by atoms with Crippen molar-refractivity contribution in [2.45, 2.75) is 64.1 Å². The van der Waals surface area contributed by atoms with E-state index in [9.17, 15) is 4.79 Å². The molecule has 0 saturated carbocycles. The summed E-state index contributed by atoms with van der Waals surface area (Å²) in [5.74, 6) is 1.03. The van der Waals surface area contributed by atoms with E-state index in [1.807, 2.05) is 21.7 Å². The molecular weight excluding hydrogens is 512 g/mol. The van der Waals surface area contributed by atoms with E-state index in [1.165, 1.54) is 19.4 Å². The van der Waals surface area contributed by atoms with E-state index in [0.29, 0.717) is 6.04 Å². The summed E-state index contributed by atoms with van der Waals surface area (Å²) in [6.45, 7) is 7.66. The quantitative estimate of drug-likeness (QED) is 0.257. The number of amides is 1. The largest absolute Gasteiger partial charge is 0.492 e. The van der Waals surface area contributed by atoms with Crippen LogP contribution in [0.15, 0.2) is 54.6 Å². The highest BCUT2D eigenvalue weighted by Crippen LogP contribution is 2.35. The van der Waals surface area contributed by atoms with Crippen molar-refractivity contribution in [3.05, 3.63) is 60.2 Å². The molecule has 0 N–H and O–H groups in total. The zero-order valence-corrected chi connectivity index (χ0v) is 24.1. The van der Waals surface area contributed by atoms with Gasteiger partial charge in [-0.1, -0.05) is 25.1 Å². The lowest BCUT2D eigenvalue weighted by molar-refractivity contribution is -0.0365. The summed E-state index contributed by atoms with van der Waals surface area (Å²) < 4.78 is 14.4. The Hall–Kier alpha value is -3.42. The molecule has 3 aliphatic heterocycles. The lowest BCUT2D eigenvalue weighted by atomic mass is 10.0. The summed E-state index contributed by atoms with van der Waals surface area (Å²) >= 11 is 0. The van der Waals surface area contributed by atoms with Crippen molar-refractivity contribution in [3.63, 3.8) is 0 Å². The lowest BCUT2D eigenvalue weighted by Gasteiger charge is -2.23. The number of benzene rings is 3. The summed E-state index contributed by atoms with van der Waals surface area (Å²) in [5, 5.41) is 8.42. The lowest BCUT2D eigenvalue weighted by Crippen LogP contribution is -2.33. The van der Waals surface area contributed by atoms with Crippen LogP contribution in [0.1, 0.15) is 68.5 Å². The Morgan fingerprint density at radius 1 is 0.927 bits per heavy atom. The first kappa shape index (κ1) is 26.5. The minimum absolute atomic E-state index is 0.0798. The van der Waals surface area contributed by atoms with Crippen LogP contribution in [0.3, 0.4) is 0 Å². The molecule has 4 aromatic rings. The molecule has 1 unspecified atom stereocenters. The van der Waals surface area contributed by atoms with Gasteiger partial charge in [-0.15, -0.1) is 0 Å². The van der Waals surface area contributed by atoms with Crippen molar-refractivity contribution in [1.82, 2.24) is 19.6 Å². The summed E-state index contributed by atoms with van der Waals surface area (Å²) in [6.07, 6.45) is 7.72. The third-order valence-electron chi connectivity index (χ3n) is 9.21. The fraction of sp³-hybridized carbons (Fsp3) is 0.471. The van der Waals surface area contributed by atoms with Crippen LogP contribution in [-0.4, -0.2) is 70.9 Å². The van der Waals surface area contributed by atoms with Gasteiger partial charge in [-0.25, -0.2) is 4.68 Å². The predicted octanol–water partition coefficient (Wildman–Crippen LogP) is 6.65. The summed E-state index contributed by atoms with van der Waals surface area (Å²) in [4.78, 5) is 17.8.